The molecular formula is C20H24ClNO4. The van der Waals surface area contributed by atoms with Crippen molar-refractivity contribution in [3.05, 3.63) is 46.5 Å². The second-order valence-electron chi connectivity index (χ2n) is 5.96. The highest BCUT2D eigenvalue weighted by Crippen LogP contribution is 2.35. The van der Waals surface area contributed by atoms with E-state index in [1.807, 2.05) is 32.0 Å². The summed E-state index contributed by atoms with van der Waals surface area (Å²) in [5, 5.41) is 3.25. The number of anilines is 1. The molecular weight excluding hydrogens is 354 g/mol. The smallest absolute Gasteiger partial charge is 0.224 e. The van der Waals surface area contributed by atoms with Crippen LogP contribution in [0.2, 0.25) is 5.02 Å². The van der Waals surface area contributed by atoms with Gasteiger partial charge in [-0.2, -0.15) is 0 Å². The van der Waals surface area contributed by atoms with Crippen molar-refractivity contribution in [1.82, 2.24) is 0 Å². The summed E-state index contributed by atoms with van der Waals surface area (Å²) in [5.74, 6) is 1.68. The zero-order valence-corrected chi connectivity index (χ0v) is 16.3. The Morgan fingerprint density at radius 1 is 1.04 bits per heavy atom. The molecule has 2 aromatic rings. The van der Waals surface area contributed by atoms with Crippen LogP contribution in [0.4, 0.5) is 5.69 Å². The third-order valence-electron chi connectivity index (χ3n) is 3.90. The number of carbonyl (C=O) groups excluding carboxylic acids is 1. The second kappa shape index (κ2) is 9.34. The molecule has 6 heteroatoms. The van der Waals surface area contributed by atoms with E-state index in [1.165, 1.54) is 14.2 Å². The van der Waals surface area contributed by atoms with Crippen LogP contribution in [0.1, 0.15) is 24.0 Å². The Morgan fingerprint density at radius 2 is 1.77 bits per heavy atom. The van der Waals surface area contributed by atoms with Crippen LogP contribution >= 0.6 is 11.6 Å². The van der Waals surface area contributed by atoms with Gasteiger partial charge in [-0.25, -0.2) is 0 Å². The zero-order chi connectivity index (χ0) is 19.1. The lowest BCUT2D eigenvalue weighted by atomic mass is 10.1. The molecule has 0 radical (unpaired) electrons. The molecule has 0 atom stereocenters. The molecule has 2 aromatic carbocycles. The van der Waals surface area contributed by atoms with Crippen molar-refractivity contribution in [1.29, 1.82) is 0 Å². The normalized spacial score (nSPS) is 10.3. The van der Waals surface area contributed by atoms with Gasteiger partial charge in [-0.3, -0.25) is 4.79 Å². The van der Waals surface area contributed by atoms with Gasteiger partial charge in [0.2, 0.25) is 5.91 Å². The van der Waals surface area contributed by atoms with Crippen LogP contribution < -0.4 is 19.5 Å². The van der Waals surface area contributed by atoms with E-state index in [0.717, 1.165) is 16.9 Å². The second-order valence-corrected chi connectivity index (χ2v) is 6.36. The lowest BCUT2D eigenvalue weighted by Crippen LogP contribution is -2.13. The van der Waals surface area contributed by atoms with Crippen molar-refractivity contribution >= 4 is 23.2 Å². The maximum absolute atomic E-state index is 12.2. The first-order chi connectivity index (χ1) is 12.4. The fraction of sp³-hybridized carbons (Fsp3) is 0.350. The molecule has 5 nitrogen and oxygen atoms in total. The van der Waals surface area contributed by atoms with Crippen molar-refractivity contribution in [2.45, 2.75) is 26.7 Å². The molecule has 0 heterocycles. The van der Waals surface area contributed by atoms with Crippen molar-refractivity contribution in [3.63, 3.8) is 0 Å². The number of rotatable bonds is 8. The van der Waals surface area contributed by atoms with Gasteiger partial charge in [0, 0.05) is 18.6 Å². The van der Waals surface area contributed by atoms with Crippen LogP contribution in [0.3, 0.4) is 0 Å². The standard InChI is InChI=1S/C20H24ClNO4/c1-13-7-8-14(2)17(10-13)26-9-5-6-20(23)22-16-12-18(24-3)15(21)11-19(16)25-4/h7-8,10-12H,5-6,9H2,1-4H3,(H,22,23). The Hall–Kier alpha value is -2.40. The number of amides is 1. The van der Waals surface area contributed by atoms with Crippen molar-refractivity contribution < 1.29 is 19.0 Å². The minimum absolute atomic E-state index is 0.128. The largest absolute Gasteiger partial charge is 0.495 e. The molecule has 0 aliphatic carbocycles. The Morgan fingerprint density at radius 3 is 2.46 bits per heavy atom. The molecule has 1 amide bonds. The van der Waals surface area contributed by atoms with Gasteiger partial charge in [0.05, 0.1) is 31.5 Å². The SMILES string of the molecule is COc1cc(NC(=O)CCCOc2cc(C)ccc2C)c(OC)cc1Cl. The number of methoxy groups -OCH3 is 2. The number of hydrogen-bond donors (Lipinski definition) is 1. The minimum Gasteiger partial charge on any atom is -0.495 e. The monoisotopic (exact) mass is 377 g/mol. The maximum Gasteiger partial charge on any atom is 0.224 e. The van der Waals surface area contributed by atoms with E-state index in [2.05, 4.69) is 5.32 Å². The number of hydrogen-bond acceptors (Lipinski definition) is 4. The van der Waals surface area contributed by atoms with Crippen molar-refractivity contribution in [2.75, 3.05) is 26.1 Å². The molecule has 26 heavy (non-hydrogen) atoms. The third kappa shape index (κ3) is 5.30. The average Bonchev–Trinajstić information content (AvgIpc) is 2.62. The Kier molecular flexibility index (Phi) is 7.16. The molecule has 0 bridgehead atoms. The summed E-state index contributed by atoms with van der Waals surface area (Å²) < 4.78 is 16.2. The van der Waals surface area contributed by atoms with Gasteiger partial charge in [0.15, 0.2) is 0 Å². The minimum atomic E-state index is -0.128. The fourth-order valence-electron chi connectivity index (χ4n) is 2.45. The quantitative estimate of drug-likeness (QED) is 0.673. The lowest BCUT2D eigenvalue weighted by Gasteiger charge is -2.13. The van der Waals surface area contributed by atoms with Gasteiger partial charge in [-0.15, -0.1) is 0 Å². The van der Waals surface area contributed by atoms with Gasteiger partial charge in [0.1, 0.15) is 17.2 Å². The third-order valence-corrected chi connectivity index (χ3v) is 4.19. The first kappa shape index (κ1) is 19.9. The Balaban J connectivity index is 1.88. The fourth-order valence-corrected chi connectivity index (χ4v) is 2.68. The number of nitrogens with one attached hydrogen (secondary N) is 1. The maximum atomic E-state index is 12.2. The molecule has 0 unspecified atom stereocenters. The Labute approximate surface area is 159 Å². The van der Waals surface area contributed by atoms with Crippen molar-refractivity contribution in [2.24, 2.45) is 0 Å². The van der Waals surface area contributed by atoms with Gasteiger partial charge >= 0.3 is 0 Å². The van der Waals surface area contributed by atoms with E-state index in [4.69, 9.17) is 25.8 Å². The van der Waals surface area contributed by atoms with Crippen LogP contribution in [-0.2, 0) is 4.79 Å². The van der Waals surface area contributed by atoms with E-state index >= 15 is 0 Å². The van der Waals surface area contributed by atoms with Gasteiger partial charge < -0.3 is 19.5 Å². The summed E-state index contributed by atoms with van der Waals surface area (Å²) in [6, 6.07) is 9.33. The average molecular weight is 378 g/mol. The van der Waals surface area contributed by atoms with Gasteiger partial charge in [-0.1, -0.05) is 23.7 Å². The number of carbonyl (C=O) groups is 1. The van der Waals surface area contributed by atoms with E-state index < -0.39 is 0 Å². The molecule has 2 rings (SSSR count). The highest BCUT2D eigenvalue weighted by molar-refractivity contribution is 6.32. The number of halogens is 1. The van der Waals surface area contributed by atoms with Crippen LogP contribution in [0, 0.1) is 13.8 Å². The molecule has 0 saturated carbocycles. The number of benzene rings is 2. The summed E-state index contributed by atoms with van der Waals surface area (Å²) >= 11 is 6.07. The first-order valence-electron chi connectivity index (χ1n) is 8.36. The highest BCUT2D eigenvalue weighted by atomic mass is 35.5. The van der Waals surface area contributed by atoms with Gasteiger partial charge in [0.25, 0.3) is 0 Å². The number of ether oxygens (including phenoxy) is 3. The van der Waals surface area contributed by atoms with E-state index in [1.54, 1.807) is 12.1 Å². The molecule has 0 aromatic heterocycles. The van der Waals surface area contributed by atoms with Crippen LogP contribution in [0.5, 0.6) is 17.2 Å². The molecule has 0 aliphatic heterocycles. The summed E-state index contributed by atoms with van der Waals surface area (Å²) in [6.45, 7) is 4.49. The topological polar surface area (TPSA) is 56.8 Å². The summed E-state index contributed by atoms with van der Waals surface area (Å²) in [7, 11) is 3.04. The summed E-state index contributed by atoms with van der Waals surface area (Å²) in [4.78, 5) is 12.2. The van der Waals surface area contributed by atoms with Crippen LogP contribution in [-0.4, -0.2) is 26.7 Å². The Bertz CT molecular complexity index is 777. The van der Waals surface area contributed by atoms with Gasteiger partial charge in [-0.05, 0) is 37.5 Å². The molecule has 0 spiro atoms. The van der Waals surface area contributed by atoms with E-state index in [9.17, 15) is 4.79 Å². The highest BCUT2D eigenvalue weighted by Gasteiger charge is 2.12. The van der Waals surface area contributed by atoms with Crippen LogP contribution in [0.25, 0.3) is 0 Å². The lowest BCUT2D eigenvalue weighted by molar-refractivity contribution is -0.116. The van der Waals surface area contributed by atoms with E-state index in [0.29, 0.717) is 41.7 Å². The first-order valence-corrected chi connectivity index (χ1v) is 8.73. The number of aryl methyl sites for hydroxylation is 2. The molecule has 1 N–H and O–H groups in total. The van der Waals surface area contributed by atoms with Crippen LogP contribution in [0.15, 0.2) is 30.3 Å². The summed E-state index contributed by atoms with van der Waals surface area (Å²) in [6.07, 6.45) is 0.936. The molecule has 0 fully saturated rings. The summed E-state index contributed by atoms with van der Waals surface area (Å²) in [5.41, 5.74) is 2.75. The molecule has 0 aliphatic rings. The molecule has 140 valence electrons. The van der Waals surface area contributed by atoms with E-state index in [-0.39, 0.29) is 5.91 Å². The predicted molar refractivity (Wildman–Crippen MR) is 104 cm³/mol. The van der Waals surface area contributed by atoms with Crippen molar-refractivity contribution in [3.8, 4) is 17.2 Å². The predicted octanol–water partition coefficient (Wildman–Crippen LogP) is 4.77. The zero-order valence-electron chi connectivity index (χ0n) is 15.5. The molecule has 0 saturated heterocycles.